The zero-order valence-corrected chi connectivity index (χ0v) is 19.9. The molecular weight excluding hydrogens is 437 g/mol. The van der Waals surface area contributed by atoms with E-state index in [2.05, 4.69) is 27.3 Å². The second-order valence-corrected chi connectivity index (χ2v) is 9.70. The quantitative estimate of drug-likeness (QED) is 0.485. The van der Waals surface area contributed by atoms with Crippen LogP contribution in [0.1, 0.15) is 50.5 Å². The van der Waals surface area contributed by atoms with Crippen LogP contribution in [0.15, 0.2) is 59.8 Å². The molecule has 0 bridgehead atoms. The average Bonchev–Trinajstić information content (AvgIpc) is 3.27. The predicted molar refractivity (Wildman–Crippen MR) is 129 cm³/mol. The van der Waals surface area contributed by atoms with Crippen molar-refractivity contribution in [1.82, 2.24) is 25.0 Å². The van der Waals surface area contributed by atoms with Crippen LogP contribution < -0.4 is 5.32 Å². The normalized spacial score (nSPS) is 16.3. The lowest BCUT2D eigenvalue weighted by Gasteiger charge is -2.32. The van der Waals surface area contributed by atoms with Crippen molar-refractivity contribution < 1.29 is 9.18 Å². The molecule has 4 rings (SSSR count). The number of piperidine rings is 1. The molecule has 8 heteroatoms. The van der Waals surface area contributed by atoms with Gasteiger partial charge in [-0.2, -0.15) is 0 Å². The first kappa shape index (κ1) is 23.4. The van der Waals surface area contributed by atoms with Gasteiger partial charge < -0.3 is 5.32 Å². The molecule has 33 heavy (non-hydrogen) atoms. The maximum absolute atomic E-state index is 13.6. The number of aromatic nitrogens is 3. The van der Waals surface area contributed by atoms with E-state index in [-0.39, 0.29) is 23.0 Å². The monoisotopic (exact) mass is 467 g/mol. The molecule has 0 aliphatic carbocycles. The molecule has 174 valence electrons. The van der Waals surface area contributed by atoms with Gasteiger partial charge in [0.1, 0.15) is 5.82 Å². The van der Waals surface area contributed by atoms with E-state index in [1.807, 2.05) is 41.8 Å². The number of hydrogen-bond donors (Lipinski definition) is 1. The summed E-state index contributed by atoms with van der Waals surface area (Å²) in [7, 11) is 0. The highest BCUT2D eigenvalue weighted by atomic mass is 32.2. The van der Waals surface area contributed by atoms with Gasteiger partial charge >= 0.3 is 0 Å². The topological polar surface area (TPSA) is 63.1 Å². The van der Waals surface area contributed by atoms with Gasteiger partial charge in [0.15, 0.2) is 11.0 Å². The van der Waals surface area contributed by atoms with Crippen LogP contribution in [0.2, 0.25) is 0 Å². The van der Waals surface area contributed by atoms with Crippen molar-refractivity contribution in [3.63, 3.8) is 0 Å². The fourth-order valence-corrected chi connectivity index (χ4v) is 4.97. The van der Waals surface area contributed by atoms with Crippen molar-refractivity contribution >= 4 is 17.7 Å². The van der Waals surface area contributed by atoms with E-state index in [9.17, 15) is 9.18 Å². The number of rotatable bonds is 8. The first-order chi connectivity index (χ1) is 16.0. The second-order valence-electron chi connectivity index (χ2n) is 8.39. The van der Waals surface area contributed by atoms with Crippen molar-refractivity contribution in [2.75, 3.05) is 13.1 Å². The van der Waals surface area contributed by atoms with E-state index in [4.69, 9.17) is 0 Å². The number of likely N-dealkylation sites (tertiary alicyclic amines) is 1. The van der Waals surface area contributed by atoms with Crippen LogP contribution in [0, 0.1) is 5.82 Å². The van der Waals surface area contributed by atoms with Crippen LogP contribution in [0.5, 0.6) is 0 Å². The number of halogens is 1. The van der Waals surface area contributed by atoms with E-state index in [0.29, 0.717) is 11.7 Å². The van der Waals surface area contributed by atoms with Crippen LogP contribution in [0.4, 0.5) is 4.39 Å². The SMILES string of the molecule is C[C@@H](Sc1nnc([C@H](C)N2CCCCC2)n1-c1ccc(F)cc1)C(=O)NCc1ccccc1. The van der Waals surface area contributed by atoms with Crippen molar-refractivity contribution in [3.05, 3.63) is 71.8 Å². The summed E-state index contributed by atoms with van der Waals surface area (Å²) in [5.41, 5.74) is 1.84. The minimum absolute atomic E-state index is 0.0665. The second kappa shape index (κ2) is 10.9. The minimum atomic E-state index is -0.366. The van der Waals surface area contributed by atoms with Gasteiger partial charge in [-0.25, -0.2) is 4.39 Å². The molecule has 1 aromatic heterocycles. The van der Waals surface area contributed by atoms with Gasteiger partial charge in [-0.15, -0.1) is 10.2 Å². The Morgan fingerprint density at radius 2 is 1.73 bits per heavy atom. The molecular formula is C25H30FN5OS. The van der Waals surface area contributed by atoms with E-state index >= 15 is 0 Å². The fraction of sp³-hybridized carbons (Fsp3) is 0.400. The summed E-state index contributed by atoms with van der Waals surface area (Å²) in [5, 5.41) is 12.2. The van der Waals surface area contributed by atoms with Crippen molar-refractivity contribution in [2.45, 2.75) is 56.1 Å². The highest BCUT2D eigenvalue weighted by Gasteiger charge is 2.27. The minimum Gasteiger partial charge on any atom is -0.351 e. The third-order valence-corrected chi connectivity index (χ3v) is 7.06. The summed E-state index contributed by atoms with van der Waals surface area (Å²) in [6.07, 6.45) is 3.61. The van der Waals surface area contributed by atoms with Gasteiger partial charge in [0.25, 0.3) is 0 Å². The summed E-state index contributed by atoms with van der Waals surface area (Å²) < 4.78 is 15.6. The maximum Gasteiger partial charge on any atom is 0.233 e. The molecule has 1 aliphatic rings. The predicted octanol–water partition coefficient (Wildman–Crippen LogP) is 4.75. The Hall–Kier alpha value is -2.71. The van der Waals surface area contributed by atoms with E-state index in [1.54, 1.807) is 12.1 Å². The Labute approximate surface area is 198 Å². The molecule has 0 radical (unpaired) electrons. The Kier molecular flexibility index (Phi) is 7.77. The maximum atomic E-state index is 13.6. The Bertz CT molecular complexity index is 1050. The molecule has 1 N–H and O–H groups in total. The molecule has 1 amide bonds. The smallest absolute Gasteiger partial charge is 0.233 e. The van der Waals surface area contributed by atoms with Crippen LogP contribution in [0.25, 0.3) is 5.69 Å². The number of carbonyl (C=O) groups excluding carboxylic acids is 1. The summed E-state index contributed by atoms with van der Waals surface area (Å²) in [6.45, 7) is 6.53. The summed E-state index contributed by atoms with van der Waals surface area (Å²) in [4.78, 5) is 15.2. The summed E-state index contributed by atoms with van der Waals surface area (Å²) >= 11 is 1.36. The number of thioether (sulfide) groups is 1. The van der Waals surface area contributed by atoms with Gasteiger partial charge in [0.2, 0.25) is 5.91 Å². The standard InChI is InChI=1S/C25H30FN5OS/c1-18(30-15-7-4-8-16-30)23-28-29-25(31(23)22-13-11-21(26)12-14-22)33-19(2)24(32)27-17-20-9-5-3-6-10-20/h3,5-6,9-14,18-19H,4,7-8,15-17H2,1-2H3,(H,27,32)/t18-,19+/m0/s1. The average molecular weight is 468 g/mol. The number of hydrogen-bond acceptors (Lipinski definition) is 5. The van der Waals surface area contributed by atoms with Crippen molar-refractivity contribution in [1.29, 1.82) is 0 Å². The van der Waals surface area contributed by atoms with E-state index in [1.165, 1.54) is 43.2 Å². The van der Waals surface area contributed by atoms with Crippen LogP contribution in [-0.2, 0) is 11.3 Å². The Morgan fingerprint density at radius 3 is 2.42 bits per heavy atom. The van der Waals surface area contributed by atoms with Gasteiger partial charge in [0.05, 0.1) is 11.3 Å². The molecule has 0 saturated carbocycles. The molecule has 0 spiro atoms. The lowest BCUT2D eigenvalue weighted by atomic mass is 10.1. The largest absolute Gasteiger partial charge is 0.351 e. The number of carbonyl (C=O) groups is 1. The van der Waals surface area contributed by atoms with Crippen molar-refractivity contribution in [2.24, 2.45) is 0 Å². The first-order valence-corrected chi connectivity index (χ1v) is 12.3. The van der Waals surface area contributed by atoms with Crippen molar-refractivity contribution in [3.8, 4) is 5.69 Å². The number of nitrogens with one attached hydrogen (secondary N) is 1. The lowest BCUT2D eigenvalue weighted by molar-refractivity contribution is -0.120. The molecule has 6 nitrogen and oxygen atoms in total. The zero-order valence-electron chi connectivity index (χ0n) is 19.1. The summed E-state index contributed by atoms with van der Waals surface area (Å²) in [6, 6.07) is 16.2. The number of amides is 1. The lowest BCUT2D eigenvalue weighted by Crippen LogP contribution is -2.33. The van der Waals surface area contributed by atoms with E-state index in [0.717, 1.165) is 30.2 Å². The third kappa shape index (κ3) is 5.81. The van der Waals surface area contributed by atoms with Gasteiger partial charge in [-0.3, -0.25) is 14.3 Å². The highest BCUT2D eigenvalue weighted by molar-refractivity contribution is 8.00. The number of nitrogens with zero attached hydrogens (tertiary/aromatic N) is 4. The Balaban J connectivity index is 1.54. The van der Waals surface area contributed by atoms with E-state index < -0.39 is 0 Å². The molecule has 2 aromatic carbocycles. The van der Waals surface area contributed by atoms with Crippen LogP contribution in [0.3, 0.4) is 0 Å². The molecule has 1 saturated heterocycles. The summed E-state index contributed by atoms with van der Waals surface area (Å²) in [5.74, 6) is 0.450. The molecule has 1 aliphatic heterocycles. The first-order valence-electron chi connectivity index (χ1n) is 11.5. The van der Waals surface area contributed by atoms with Crippen LogP contribution >= 0.6 is 11.8 Å². The molecule has 1 fully saturated rings. The molecule has 3 aromatic rings. The Morgan fingerprint density at radius 1 is 1.03 bits per heavy atom. The number of benzene rings is 2. The highest BCUT2D eigenvalue weighted by Crippen LogP contribution is 2.31. The molecule has 2 atom stereocenters. The molecule has 0 unspecified atom stereocenters. The third-order valence-electron chi connectivity index (χ3n) is 6.02. The fourth-order valence-electron chi connectivity index (χ4n) is 4.07. The van der Waals surface area contributed by atoms with Gasteiger partial charge in [-0.05, 0) is 69.6 Å². The van der Waals surface area contributed by atoms with Gasteiger partial charge in [-0.1, -0.05) is 48.5 Å². The molecule has 2 heterocycles. The zero-order chi connectivity index (χ0) is 23.2. The van der Waals surface area contributed by atoms with Gasteiger partial charge in [0, 0.05) is 12.2 Å². The van der Waals surface area contributed by atoms with Crippen LogP contribution in [-0.4, -0.2) is 43.9 Å².